The Morgan fingerprint density at radius 3 is 0.985 bits per heavy atom. The van der Waals surface area contributed by atoms with Crippen LogP contribution in [0.15, 0.2) is 36.4 Å². The molecule has 0 spiro atoms. The molecule has 67 heavy (non-hydrogen) atoms. The largest absolute Gasteiger partial charge is 0.479 e. The molecule has 1 aromatic carbocycles. The molecule has 6 aliphatic heterocycles. The van der Waals surface area contributed by atoms with Gasteiger partial charge < -0.3 is 59.0 Å². The molecule has 6 fully saturated rings. The van der Waals surface area contributed by atoms with Crippen LogP contribution in [0.1, 0.15) is 123 Å². The fourth-order valence-electron chi connectivity index (χ4n) is 10.0. The van der Waals surface area contributed by atoms with Gasteiger partial charge in [0, 0.05) is 67.5 Å². The van der Waals surface area contributed by atoms with Gasteiger partial charge in [0.15, 0.2) is 0 Å². The highest BCUT2D eigenvalue weighted by Crippen LogP contribution is 2.56. The summed E-state index contributed by atoms with van der Waals surface area (Å²) in [6, 6.07) is 13.2. The number of hydrogen-bond acceptors (Lipinski definition) is 15. The lowest BCUT2D eigenvalue weighted by atomic mass is 10.1. The molecule has 1 aromatic rings. The van der Waals surface area contributed by atoms with Gasteiger partial charge in [-0.25, -0.2) is 4.79 Å². The first-order chi connectivity index (χ1) is 31.3. The molecule has 6 saturated heterocycles. The molecule has 6 aliphatic rings. The van der Waals surface area contributed by atoms with Crippen LogP contribution in [-0.4, -0.2) is 101 Å². The number of esters is 1. The van der Waals surface area contributed by atoms with Crippen LogP contribution >= 0.6 is 0 Å². The third-order valence-electron chi connectivity index (χ3n) is 11.6. The van der Waals surface area contributed by atoms with Gasteiger partial charge in [-0.3, -0.25) is 0 Å². The lowest BCUT2D eigenvalue weighted by Gasteiger charge is -2.64. The van der Waals surface area contributed by atoms with Crippen molar-refractivity contribution in [2.45, 2.75) is 166 Å². The molecule has 0 amide bonds. The average molecular weight is 1080 g/mol. The summed E-state index contributed by atoms with van der Waals surface area (Å²) in [5.41, 5.74) is 1.75. The van der Waals surface area contributed by atoms with E-state index < -0.39 is 76.4 Å². The Balaban J connectivity index is 1.57. The third kappa shape index (κ3) is 13.8. The van der Waals surface area contributed by atoms with Crippen LogP contribution < -0.4 is 0 Å². The topological polar surface area (TPSA) is 140 Å². The molecule has 8 bridgehead atoms. The van der Waals surface area contributed by atoms with Gasteiger partial charge in [0.1, 0.15) is 0 Å². The van der Waals surface area contributed by atoms with Crippen molar-refractivity contribution < 1.29 is 58.9 Å². The van der Waals surface area contributed by atoms with E-state index in [0.717, 1.165) is 24.4 Å². The molecule has 15 nitrogen and oxygen atoms in total. The monoisotopic (exact) mass is 1080 g/mol. The molecular weight excluding hydrogens is 991 g/mol. The molecule has 23 heteroatoms. The summed E-state index contributed by atoms with van der Waals surface area (Å²) in [7, 11) is -32.4. The standard InChI is InChI=1S/C44H85NO14Si8/c1-17-45(18-2)43(42-23-20-19-21-24-42)27-44(46)47-25-22-26-60-48-61(28-35(3)4)51-64(31-38(9)10)53-62(49-60,29-36(5)6)55-66(33-40(13)14)56-63(50-60,30-37(7)8)54-65(52-61,32-39(11)12)58-67(57-64,59-66)34-41(15)16/h19-21,23-24,27,35-41H,17-18,22,25-26,28-34H2,1-16H3/b43-27+. The minimum absolute atomic E-state index is 0.0502. The van der Waals surface area contributed by atoms with Crippen molar-refractivity contribution >= 4 is 82.1 Å². The lowest BCUT2D eigenvalue weighted by molar-refractivity contribution is -0.137. The first-order valence-electron chi connectivity index (χ1n) is 25.4. The van der Waals surface area contributed by atoms with Gasteiger partial charge in [-0.2, -0.15) is 0 Å². The zero-order chi connectivity index (χ0) is 49.3. The summed E-state index contributed by atoms with van der Waals surface area (Å²) in [4.78, 5) is 15.9. The van der Waals surface area contributed by atoms with E-state index in [4.69, 9.17) is 54.1 Å². The quantitative estimate of drug-likeness (QED) is 0.0444. The number of ether oxygens (including phenoxy) is 1. The summed E-state index contributed by atoms with van der Waals surface area (Å²) >= 11 is 0. The molecule has 0 aromatic heterocycles. The van der Waals surface area contributed by atoms with Gasteiger partial charge in [0.25, 0.3) is 0 Å². The van der Waals surface area contributed by atoms with Crippen LogP contribution in [0.2, 0.25) is 48.4 Å². The lowest BCUT2D eigenvalue weighted by Crippen LogP contribution is -2.88. The summed E-state index contributed by atoms with van der Waals surface area (Å²) < 4.78 is 100. The number of carbonyl (C=O) groups is 1. The van der Waals surface area contributed by atoms with Crippen LogP contribution in [0.3, 0.4) is 0 Å². The number of benzene rings is 1. The van der Waals surface area contributed by atoms with Gasteiger partial charge in [-0.05, 0) is 67.3 Å². The highest BCUT2D eigenvalue weighted by atomic mass is 28.6. The van der Waals surface area contributed by atoms with E-state index in [1.54, 1.807) is 6.08 Å². The first-order valence-corrected chi connectivity index (χ1v) is 40.8. The van der Waals surface area contributed by atoms with E-state index in [2.05, 4.69) is 116 Å². The zero-order valence-electron chi connectivity index (χ0n) is 43.7. The third-order valence-corrected chi connectivity index (χ3v) is 51.7. The molecule has 7 rings (SSSR count). The van der Waals surface area contributed by atoms with E-state index in [1.165, 1.54) is 0 Å². The van der Waals surface area contributed by atoms with Crippen molar-refractivity contribution in [3.05, 3.63) is 42.0 Å². The van der Waals surface area contributed by atoms with Crippen molar-refractivity contribution in [1.29, 1.82) is 0 Å². The predicted octanol–water partition coefficient (Wildman–Crippen LogP) is 10.7. The van der Waals surface area contributed by atoms with Crippen LogP contribution in [-0.2, 0) is 58.9 Å². The van der Waals surface area contributed by atoms with Crippen LogP contribution in [0.4, 0.5) is 0 Å². The van der Waals surface area contributed by atoms with Crippen molar-refractivity contribution in [3.8, 4) is 0 Å². The van der Waals surface area contributed by atoms with Gasteiger partial charge in [0.05, 0.1) is 12.3 Å². The van der Waals surface area contributed by atoms with E-state index in [1.807, 2.05) is 30.3 Å². The summed E-state index contributed by atoms with van der Waals surface area (Å²) in [5, 5.41) is 0. The highest BCUT2D eigenvalue weighted by molar-refractivity contribution is 7.03. The molecular formula is C44H85NO14Si8. The predicted molar refractivity (Wildman–Crippen MR) is 274 cm³/mol. The van der Waals surface area contributed by atoms with Crippen LogP contribution in [0.5, 0.6) is 0 Å². The van der Waals surface area contributed by atoms with Crippen molar-refractivity contribution in [2.75, 3.05) is 19.7 Å². The Labute approximate surface area is 412 Å². The van der Waals surface area contributed by atoms with Gasteiger partial charge in [-0.1, -0.05) is 127 Å². The summed E-state index contributed by atoms with van der Waals surface area (Å²) in [5.74, 6) is 0.0381. The maximum atomic E-state index is 13.8. The first kappa shape index (κ1) is 55.8. The maximum absolute atomic E-state index is 13.8. The number of rotatable bonds is 23. The Morgan fingerprint density at radius 2 is 0.731 bits per heavy atom. The Kier molecular flexibility index (Phi) is 18.2. The second kappa shape index (κ2) is 21.9. The molecule has 0 N–H and O–H groups in total. The zero-order valence-corrected chi connectivity index (χ0v) is 51.7. The fraction of sp³-hybridized carbons (Fsp3) is 0.795. The molecule has 382 valence electrons. The smallest absolute Gasteiger partial charge is 0.462 e. The maximum Gasteiger partial charge on any atom is 0.479 e. The van der Waals surface area contributed by atoms with Gasteiger partial charge in [-0.15, -0.1) is 0 Å². The molecule has 0 saturated carbocycles. The molecule has 6 heterocycles. The summed E-state index contributed by atoms with van der Waals surface area (Å²) in [6.45, 7) is 35.8. The highest BCUT2D eigenvalue weighted by Gasteiger charge is 2.83. The number of carbonyl (C=O) groups excluding carboxylic acids is 1. The molecule has 0 atom stereocenters. The van der Waals surface area contributed by atoms with Gasteiger partial charge in [0.2, 0.25) is 0 Å². The molecule has 0 unspecified atom stereocenters. The van der Waals surface area contributed by atoms with E-state index in [-0.39, 0.29) is 54.1 Å². The second-order valence-corrected chi connectivity index (χ2v) is 46.3. The van der Waals surface area contributed by atoms with E-state index in [0.29, 0.717) is 48.7 Å². The summed E-state index contributed by atoms with van der Waals surface area (Å²) in [6.07, 6.45) is 1.93. The van der Waals surface area contributed by atoms with Crippen molar-refractivity contribution in [1.82, 2.24) is 4.90 Å². The molecule has 0 radical (unpaired) electrons. The minimum atomic E-state index is -4.19. The number of nitrogens with zero attached hydrogens (tertiary/aromatic N) is 1. The number of hydrogen-bond donors (Lipinski definition) is 0. The van der Waals surface area contributed by atoms with Crippen molar-refractivity contribution in [3.63, 3.8) is 0 Å². The SMILES string of the molecule is CCN(CC)/C(=C/C(=O)OCCC[Si]12O[Si]3(CC(C)C)O[Si]4(CC(C)C)O[Si](CC(C)C)(O1)O[Si]1(CC(C)C)O[Si](CC(C)C)(O2)O[Si](CC(C)C)(O3)O[Si](CC(C)C)(O4)O1)c1ccccc1. The fourth-order valence-corrected chi connectivity index (χ4v) is 61.6. The van der Waals surface area contributed by atoms with Crippen LogP contribution in [0, 0.1) is 41.4 Å². The molecule has 0 aliphatic carbocycles. The average Bonchev–Trinajstić information content (AvgIpc) is 3.11. The second-order valence-electron chi connectivity index (χ2n) is 22.2. The normalized spacial score (nSPS) is 35.2. The van der Waals surface area contributed by atoms with E-state index in [9.17, 15) is 4.79 Å². The van der Waals surface area contributed by atoms with Crippen LogP contribution in [0.25, 0.3) is 5.70 Å². The minimum Gasteiger partial charge on any atom is -0.462 e. The Morgan fingerprint density at radius 1 is 0.463 bits per heavy atom. The Hall–Kier alpha value is -0.515. The Bertz CT molecular complexity index is 1690. The van der Waals surface area contributed by atoms with Crippen molar-refractivity contribution in [2.24, 2.45) is 41.4 Å². The van der Waals surface area contributed by atoms with E-state index >= 15 is 0 Å². The van der Waals surface area contributed by atoms with Gasteiger partial charge >= 0.3 is 76.4 Å².